The number of phenols is 2. The van der Waals surface area contributed by atoms with Crippen LogP contribution in [0.4, 0.5) is 0 Å². The molecule has 256 valence electrons. The van der Waals surface area contributed by atoms with E-state index < -0.39 is 29.4 Å². The van der Waals surface area contributed by atoms with Gasteiger partial charge in [0.15, 0.2) is 0 Å². The summed E-state index contributed by atoms with van der Waals surface area (Å²) in [6.45, 7) is 7.64. The van der Waals surface area contributed by atoms with Crippen LogP contribution in [0.3, 0.4) is 0 Å². The molecule has 2 aromatic carbocycles. The molecule has 4 saturated carbocycles. The Morgan fingerprint density at radius 3 is 1.96 bits per heavy atom. The minimum atomic E-state index is -1.31. The molecule has 4 aliphatic carbocycles. The number of aromatic carboxylic acids is 2. The molecule has 4 unspecified atom stereocenters. The van der Waals surface area contributed by atoms with Crippen LogP contribution in [0, 0.1) is 46.3 Å². The monoisotopic (exact) mass is 684 g/mol. The number of hydrogen-bond donors (Lipinski definition) is 4. The first-order valence-electron chi connectivity index (χ1n) is 17.8. The summed E-state index contributed by atoms with van der Waals surface area (Å²) in [4.78, 5) is 23.9. The van der Waals surface area contributed by atoms with Gasteiger partial charge in [0.1, 0.15) is 22.6 Å². The summed E-state index contributed by atoms with van der Waals surface area (Å²) in [5.41, 5.74) is 1.37. The molecule has 0 aromatic heterocycles. The van der Waals surface area contributed by atoms with Gasteiger partial charge in [-0.1, -0.05) is 69.7 Å². The van der Waals surface area contributed by atoms with E-state index >= 15 is 0 Å². The van der Waals surface area contributed by atoms with Gasteiger partial charge in [0, 0.05) is 5.92 Å². The van der Waals surface area contributed by atoms with Crippen molar-refractivity contribution in [3.8, 4) is 11.5 Å². The number of carboxylic acids is 2. The zero-order chi connectivity index (χ0) is 33.8. The van der Waals surface area contributed by atoms with Crippen LogP contribution in [-0.2, 0) is 0 Å². The first kappa shape index (κ1) is 34.4. The largest absolute Gasteiger partial charge is 0.505 e. The van der Waals surface area contributed by atoms with E-state index in [9.17, 15) is 30.0 Å². The summed E-state index contributed by atoms with van der Waals surface area (Å²) in [6, 6.07) is 5.89. The Morgan fingerprint density at radius 1 is 0.766 bits per heavy atom. The smallest absolute Gasteiger partial charge is 0.339 e. The van der Waals surface area contributed by atoms with Crippen LogP contribution in [0.25, 0.3) is 0 Å². The molecule has 8 heteroatoms. The topological polar surface area (TPSA) is 115 Å². The summed E-state index contributed by atoms with van der Waals surface area (Å²) >= 11 is 12.6. The van der Waals surface area contributed by atoms with Gasteiger partial charge in [0.05, 0.1) is 10.0 Å². The van der Waals surface area contributed by atoms with Gasteiger partial charge in [0.2, 0.25) is 0 Å². The molecule has 2 aromatic rings. The third-order valence-corrected chi connectivity index (χ3v) is 14.5. The highest BCUT2D eigenvalue weighted by Crippen LogP contribution is 2.68. The quantitative estimate of drug-likeness (QED) is 0.209. The van der Waals surface area contributed by atoms with E-state index in [0.29, 0.717) is 40.2 Å². The molecule has 4 fully saturated rings. The third kappa shape index (κ3) is 6.05. The van der Waals surface area contributed by atoms with Crippen LogP contribution in [0.2, 0.25) is 10.0 Å². The lowest BCUT2D eigenvalue weighted by Crippen LogP contribution is -2.53. The zero-order valence-corrected chi connectivity index (χ0v) is 29.4. The molecule has 6 rings (SSSR count). The lowest BCUT2D eigenvalue weighted by molar-refractivity contribution is -0.114. The standard InChI is InChI=1S/C39H50Cl2O6/c1-21(29-12-13-30-26-11-10-24-8-4-5-15-38(24,2)31(26)14-16-39(29,30)3)7-6-9-25(22-17-27(36(44)45)34(42)32(40)19-22)23-18-28(37(46)47)35(43)33(41)20-23/h17-21,24-26,29-31,42-43H,4-16H2,1-3H3,(H,44,45)(H,46,47)/t21-,24?,26?,29-,30?,31?,38+,39-/m1/s1. The van der Waals surface area contributed by atoms with Crippen LogP contribution in [0.1, 0.15) is 142 Å². The molecule has 0 saturated heterocycles. The Hall–Kier alpha value is -2.44. The highest BCUT2D eigenvalue weighted by atomic mass is 35.5. The van der Waals surface area contributed by atoms with Gasteiger partial charge >= 0.3 is 11.9 Å². The van der Waals surface area contributed by atoms with Crippen molar-refractivity contribution in [2.75, 3.05) is 0 Å². The van der Waals surface area contributed by atoms with Crippen LogP contribution >= 0.6 is 23.2 Å². The molecule has 0 amide bonds. The van der Waals surface area contributed by atoms with Crippen LogP contribution in [0.5, 0.6) is 11.5 Å². The number of halogens is 2. The molecule has 0 bridgehead atoms. The maximum Gasteiger partial charge on any atom is 0.339 e. The van der Waals surface area contributed by atoms with Gasteiger partial charge in [-0.05, 0) is 140 Å². The fraction of sp³-hybridized carbons (Fsp3) is 0.641. The molecule has 0 radical (unpaired) electrons. The average molecular weight is 686 g/mol. The van der Waals surface area contributed by atoms with E-state index in [0.717, 1.165) is 36.5 Å². The Morgan fingerprint density at radius 2 is 1.36 bits per heavy atom. The van der Waals surface area contributed by atoms with Gasteiger partial charge < -0.3 is 20.4 Å². The SMILES string of the molecule is C[C@H](CCCC(c1cc(Cl)c(O)c(C(=O)O)c1)c1cc(Cl)c(O)c(C(=O)O)c1)[C@H]1CCC2C3CCC4CCCC[C@]4(C)C3CC[C@@]21C. The second-order valence-corrected chi connectivity index (χ2v) is 16.8. The average Bonchev–Trinajstić information content (AvgIpc) is 3.38. The van der Waals surface area contributed by atoms with Gasteiger partial charge in [-0.15, -0.1) is 0 Å². The van der Waals surface area contributed by atoms with E-state index in [2.05, 4.69) is 20.8 Å². The van der Waals surface area contributed by atoms with Crippen LogP contribution in [-0.4, -0.2) is 32.4 Å². The first-order chi connectivity index (χ1) is 22.3. The normalized spacial score (nSPS) is 32.3. The number of rotatable bonds is 9. The Bertz CT molecular complexity index is 1470. The molecule has 47 heavy (non-hydrogen) atoms. The maximum atomic E-state index is 11.9. The minimum absolute atomic E-state index is 0.0850. The second kappa shape index (κ2) is 13.1. The highest BCUT2D eigenvalue weighted by Gasteiger charge is 2.60. The Balaban J connectivity index is 1.21. The Labute approximate surface area is 288 Å². The van der Waals surface area contributed by atoms with Gasteiger partial charge in [-0.2, -0.15) is 0 Å². The number of fused-ring (bicyclic) bond motifs is 5. The maximum absolute atomic E-state index is 11.9. The van der Waals surface area contributed by atoms with Crippen molar-refractivity contribution in [1.29, 1.82) is 0 Å². The van der Waals surface area contributed by atoms with Crippen molar-refractivity contribution in [3.05, 3.63) is 56.6 Å². The van der Waals surface area contributed by atoms with Gasteiger partial charge in [-0.25, -0.2) is 9.59 Å². The predicted molar refractivity (Wildman–Crippen MR) is 185 cm³/mol. The molecule has 4 aliphatic rings. The van der Waals surface area contributed by atoms with E-state index in [1.165, 1.54) is 76.3 Å². The number of benzene rings is 2. The summed E-state index contributed by atoms with van der Waals surface area (Å²) in [5, 5.41) is 40.0. The van der Waals surface area contributed by atoms with Crippen molar-refractivity contribution >= 4 is 35.1 Å². The van der Waals surface area contributed by atoms with Crippen molar-refractivity contribution in [2.45, 2.75) is 110 Å². The number of carboxylic acid groups (broad SMARTS) is 2. The Kier molecular flexibility index (Phi) is 9.61. The minimum Gasteiger partial charge on any atom is -0.505 e. The summed E-state index contributed by atoms with van der Waals surface area (Å²) in [5.74, 6) is 0.589. The molecule has 0 spiro atoms. The molecule has 4 N–H and O–H groups in total. The molecule has 6 nitrogen and oxygen atoms in total. The summed E-state index contributed by atoms with van der Waals surface area (Å²) in [7, 11) is 0. The number of aromatic hydroxyl groups is 2. The number of hydrogen-bond acceptors (Lipinski definition) is 4. The van der Waals surface area contributed by atoms with Crippen LogP contribution in [0.15, 0.2) is 24.3 Å². The zero-order valence-electron chi connectivity index (χ0n) is 27.9. The second-order valence-electron chi connectivity index (χ2n) is 16.0. The highest BCUT2D eigenvalue weighted by molar-refractivity contribution is 6.33. The molecular formula is C39H50Cl2O6. The van der Waals surface area contributed by atoms with Crippen LogP contribution < -0.4 is 0 Å². The van der Waals surface area contributed by atoms with Gasteiger partial charge in [0.25, 0.3) is 0 Å². The van der Waals surface area contributed by atoms with Crippen molar-refractivity contribution in [2.24, 2.45) is 46.3 Å². The van der Waals surface area contributed by atoms with Gasteiger partial charge in [-0.3, -0.25) is 0 Å². The van der Waals surface area contributed by atoms with Crippen molar-refractivity contribution in [3.63, 3.8) is 0 Å². The van der Waals surface area contributed by atoms with Crippen molar-refractivity contribution < 1.29 is 30.0 Å². The molecule has 0 aliphatic heterocycles. The van der Waals surface area contributed by atoms with E-state index in [4.69, 9.17) is 23.2 Å². The van der Waals surface area contributed by atoms with E-state index in [-0.39, 0.29) is 21.2 Å². The van der Waals surface area contributed by atoms with Crippen molar-refractivity contribution in [1.82, 2.24) is 0 Å². The lowest BCUT2D eigenvalue weighted by atomic mass is 9.44. The summed E-state index contributed by atoms with van der Waals surface area (Å²) < 4.78 is 0. The summed E-state index contributed by atoms with van der Waals surface area (Å²) in [6.07, 6.45) is 16.2. The third-order valence-electron chi connectivity index (χ3n) is 13.9. The first-order valence-corrected chi connectivity index (χ1v) is 18.5. The lowest BCUT2D eigenvalue weighted by Gasteiger charge is -2.61. The number of carbonyl (C=O) groups is 2. The molecule has 8 atom stereocenters. The fourth-order valence-corrected chi connectivity index (χ4v) is 12.1. The fourth-order valence-electron chi connectivity index (χ4n) is 11.6. The molecular weight excluding hydrogens is 635 g/mol. The van der Waals surface area contributed by atoms with E-state index in [1.807, 2.05) is 0 Å². The van der Waals surface area contributed by atoms with E-state index in [1.54, 1.807) is 12.1 Å². The predicted octanol–water partition coefficient (Wildman–Crippen LogP) is 10.8. The molecule has 0 heterocycles.